The Hall–Kier alpha value is -5.64. The van der Waals surface area contributed by atoms with Gasteiger partial charge >= 0.3 is 0 Å². The van der Waals surface area contributed by atoms with Crippen LogP contribution in [0.3, 0.4) is 0 Å². The molecule has 10 nitrogen and oxygen atoms in total. The van der Waals surface area contributed by atoms with Crippen molar-refractivity contribution in [2.24, 2.45) is 0 Å². The van der Waals surface area contributed by atoms with E-state index in [0.29, 0.717) is 70.1 Å². The second-order valence-corrected chi connectivity index (χ2v) is 12.7. The Kier molecular flexibility index (Phi) is 10.8. The maximum Gasteiger partial charge on any atom is 0.261 e. The van der Waals surface area contributed by atoms with E-state index in [1.54, 1.807) is 48.5 Å². The van der Waals surface area contributed by atoms with Gasteiger partial charge in [0.05, 0.1) is 0 Å². The lowest BCUT2D eigenvalue weighted by Gasteiger charge is -2.32. The molecule has 0 aliphatic carbocycles. The molecule has 4 aromatic carbocycles. The van der Waals surface area contributed by atoms with Gasteiger partial charge in [0, 0.05) is 70.3 Å². The largest absolute Gasteiger partial charge is 0.352 e. The zero-order valence-corrected chi connectivity index (χ0v) is 27.9. The van der Waals surface area contributed by atoms with Crippen molar-refractivity contribution in [1.29, 1.82) is 0 Å². The monoisotopic (exact) mass is 672 g/mol. The highest BCUT2D eigenvalue weighted by molar-refractivity contribution is 6.33. The van der Waals surface area contributed by atoms with Gasteiger partial charge in [0.2, 0.25) is 0 Å². The number of hydrogen-bond donors (Lipinski definition) is 2. The van der Waals surface area contributed by atoms with E-state index in [-0.39, 0.29) is 24.9 Å². The Morgan fingerprint density at radius 3 is 1.08 bits per heavy atom. The molecule has 2 aliphatic rings. The molecule has 2 heterocycles. The van der Waals surface area contributed by atoms with Crippen LogP contribution < -0.4 is 10.6 Å². The minimum atomic E-state index is -0.427. The standard InChI is InChI=1S/C40H40N4O6/c45-35(27-15-7-5-8-16-27)41-23-11-1-3-13-25-43-37(47)29-19-21-31-34-32(22-20-30(33(29)34)38(43)48)40(50)44(39(31)49)26-14-4-2-12-24-42-36(46)28-17-9-6-10-18-28/h5-10,15-22H,1-4,11-14,23-26H2,(H,41,45)(H,42,46). The first-order chi connectivity index (χ1) is 24.4. The lowest BCUT2D eigenvalue weighted by atomic mass is 9.86. The van der Waals surface area contributed by atoms with Crippen LogP contribution in [0.1, 0.15) is 114 Å². The summed E-state index contributed by atoms with van der Waals surface area (Å²) < 4.78 is 0. The first-order valence-corrected chi connectivity index (χ1v) is 17.4. The van der Waals surface area contributed by atoms with Gasteiger partial charge in [-0.25, -0.2) is 0 Å². The van der Waals surface area contributed by atoms with Crippen LogP contribution in [0.15, 0.2) is 84.9 Å². The van der Waals surface area contributed by atoms with Gasteiger partial charge in [0.1, 0.15) is 0 Å². The fourth-order valence-corrected chi connectivity index (χ4v) is 6.66. The average Bonchev–Trinajstić information content (AvgIpc) is 3.14. The molecule has 0 saturated carbocycles. The number of nitrogens with zero attached hydrogens (tertiary/aromatic N) is 2. The summed E-state index contributed by atoms with van der Waals surface area (Å²) in [7, 11) is 0. The summed E-state index contributed by atoms with van der Waals surface area (Å²) in [5, 5.41) is 6.57. The van der Waals surface area contributed by atoms with Crippen LogP contribution in [-0.2, 0) is 0 Å². The van der Waals surface area contributed by atoms with Crippen LogP contribution in [0.2, 0.25) is 0 Å². The van der Waals surface area contributed by atoms with Gasteiger partial charge in [-0.2, -0.15) is 0 Å². The molecular formula is C40H40N4O6. The zero-order chi connectivity index (χ0) is 35.0. The molecule has 0 bridgehead atoms. The lowest BCUT2D eigenvalue weighted by molar-refractivity contribution is 0.0586. The molecule has 6 rings (SSSR count). The van der Waals surface area contributed by atoms with Gasteiger partial charge in [0.25, 0.3) is 35.4 Å². The predicted octanol–water partition coefficient (Wildman–Crippen LogP) is 6.01. The summed E-state index contributed by atoms with van der Waals surface area (Å²) >= 11 is 0. The molecule has 0 radical (unpaired) electrons. The maximum atomic E-state index is 13.6. The van der Waals surface area contributed by atoms with Gasteiger partial charge in [-0.05, 0) is 74.2 Å². The third-order valence-corrected chi connectivity index (χ3v) is 9.32. The Morgan fingerprint density at radius 2 is 0.740 bits per heavy atom. The number of carbonyl (C=O) groups is 6. The van der Waals surface area contributed by atoms with Crippen LogP contribution in [0.25, 0.3) is 10.8 Å². The fraction of sp³-hybridized carbons (Fsp3) is 0.300. The number of unbranched alkanes of at least 4 members (excludes halogenated alkanes) is 6. The summed E-state index contributed by atoms with van der Waals surface area (Å²) in [6.07, 6.45) is 6.02. The van der Waals surface area contributed by atoms with E-state index < -0.39 is 23.6 Å². The van der Waals surface area contributed by atoms with Gasteiger partial charge < -0.3 is 10.6 Å². The van der Waals surface area contributed by atoms with Crippen LogP contribution in [0, 0.1) is 0 Å². The van der Waals surface area contributed by atoms with Crippen LogP contribution >= 0.6 is 0 Å². The molecule has 50 heavy (non-hydrogen) atoms. The molecule has 4 aromatic rings. The number of nitrogens with one attached hydrogen (secondary N) is 2. The quantitative estimate of drug-likeness (QED) is 0.111. The lowest BCUT2D eigenvalue weighted by Crippen LogP contribution is -2.43. The van der Waals surface area contributed by atoms with E-state index in [9.17, 15) is 28.8 Å². The highest BCUT2D eigenvalue weighted by Crippen LogP contribution is 2.38. The molecule has 0 unspecified atom stereocenters. The molecule has 2 aliphatic heterocycles. The Morgan fingerprint density at radius 1 is 0.420 bits per heavy atom. The number of benzene rings is 4. The van der Waals surface area contributed by atoms with E-state index in [2.05, 4.69) is 10.6 Å². The molecule has 0 aromatic heterocycles. The molecule has 2 N–H and O–H groups in total. The van der Waals surface area contributed by atoms with Gasteiger partial charge in [0.15, 0.2) is 0 Å². The smallest absolute Gasteiger partial charge is 0.261 e. The van der Waals surface area contributed by atoms with Crippen molar-refractivity contribution in [3.63, 3.8) is 0 Å². The average molecular weight is 673 g/mol. The summed E-state index contributed by atoms with van der Waals surface area (Å²) in [6, 6.07) is 24.4. The van der Waals surface area contributed by atoms with Gasteiger partial charge in [-0.3, -0.25) is 38.6 Å². The van der Waals surface area contributed by atoms with Crippen molar-refractivity contribution in [3.05, 3.63) is 118 Å². The molecule has 0 spiro atoms. The Balaban J connectivity index is 0.996. The van der Waals surface area contributed by atoms with E-state index in [0.717, 1.165) is 38.5 Å². The zero-order valence-electron chi connectivity index (χ0n) is 27.9. The van der Waals surface area contributed by atoms with Crippen molar-refractivity contribution < 1.29 is 28.8 Å². The summed E-state index contributed by atoms with van der Waals surface area (Å²) in [6.45, 7) is 1.59. The number of hydrogen-bond acceptors (Lipinski definition) is 6. The number of rotatable bonds is 16. The minimum absolute atomic E-state index is 0.111. The highest BCUT2D eigenvalue weighted by atomic mass is 16.2. The van der Waals surface area contributed by atoms with Crippen LogP contribution in [-0.4, -0.2) is 71.4 Å². The van der Waals surface area contributed by atoms with E-state index in [1.165, 1.54) is 9.80 Å². The van der Waals surface area contributed by atoms with Crippen molar-refractivity contribution in [2.45, 2.75) is 51.4 Å². The van der Waals surface area contributed by atoms with Crippen molar-refractivity contribution in [2.75, 3.05) is 26.2 Å². The first-order valence-electron chi connectivity index (χ1n) is 17.4. The van der Waals surface area contributed by atoms with E-state index >= 15 is 0 Å². The predicted molar refractivity (Wildman–Crippen MR) is 189 cm³/mol. The molecular weight excluding hydrogens is 632 g/mol. The fourth-order valence-electron chi connectivity index (χ4n) is 6.66. The van der Waals surface area contributed by atoms with Crippen LogP contribution in [0.5, 0.6) is 0 Å². The number of carbonyl (C=O) groups excluding carboxylic acids is 6. The van der Waals surface area contributed by atoms with E-state index in [1.807, 2.05) is 36.4 Å². The van der Waals surface area contributed by atoms with Crippen molar-refractivity contribution in [1.82, 2.24) is 20.4 Å². The van der Waals surface area contributed by atoms with Gasteiger partial charge in [-0.15, -0.1) is 0 Å². The summed E-state index contributed by atoms with van der Waals surface area (Å²) in [5.41, 5.74) is 2.50. The third kappa shape index (κ3) is 7.19. The number of imide groups is 2. The SMILES string of the molecule is O=C(NCCCCCCN1C(=O)c2ccc3c4c(ccc(c24)C1=O)C(=O)N(CCCCCCNC(=O)c1ccccc1)C3=O)c1ccccc1. The molecule has 0 fully saturated rings. The second kappa shape index (κ2) is 15.7. The van der Waals surface area contributed by atoms with Crippen molar-refractivity contribution >= 4 is 46.2 Å². The minimum Gasteiger partial charge on any atom is -0.352 e. The van der Waals surface area contributed by atoms with E-state index in [4.69, 9.17) is 0 Å². The molecule has 0 atom stereocenters. The topological polar surface area (TPSA) is 133 Å². The second-order valence-electron chi connectivity index (χ2n) is 12.7. The maximum absolute atomic E-state index is 13.6. The highest BCUT2D eigenvalue weighted by Gasteiger charge is 2.39. The summed E-state index contributed by atoms with van der Waals surface area (Å²) in [4.78, 5) is 81.1. The number of amides is 6. The third-order valence-electron chi connectivity index (χ3n) is 9.32. The van der Waals surface area contributed by atoms with Gasteiger partial charge in [-0.1, -0.05) is 62.1 Å². The Labute approximate surface area is 290 Å². The Bertz CT molecular complexity index is 1730. The molecule has 0 saturated heterocycles. The molecule has 256 valence electrons. The first kappa shape index (κ1) is 34.2. The summed E-state index contributed by atoms with van der Waals surface area (Å²) in [5.74, 6) is -1.93. The normalized spacial score (nSPS) is 13.6. The van der Waals surface area contributed by atoms with Crippen LogP contribution in [0.4, 0.5) is 0 Å². The van der Waals surface area contributed by atoms with Crippen molar-refractivity contribution in [3.8, 4) is 0 Å². The molecule has 6 amide bonds. The molecule has 10 heteroatoms.